The van der Waals surface area contributed by atoms with Gasteiger partial charge >= 0.3 is 5.69 Å². The molecule has 6 heteroatoms. The summed E-state index contributed by atoms with van der Waals surface area (Å²) in [4.78, 5) is 25.1. The molecule has 1 amide bonds. The highest BCUT2D eigenvalue weighted by Gasteiger charge is 2.16. The summed E-state index contributed by atoms with van der Waals surface area (Å²) in [6.45, 7) is 4.60. The summed E-state index contributed by atoms with van der Waals surface area (Å²) < 4.78 is 8.57. The predicted molar refractivity (Wildman–Crippen MR) is 96.5 cm³/mol. The zero-order valence-corrected chi connectivity index (χ0v) is 14.6. The van der Waals surface area contributed by atoms with Crippen molar-refractivity contribution in [1.29, 1.82) is 0 Å². The van der Waals surface area contributed by atoms with E-state index in [1.165, 1.54) is 0 Å². The number of imidazole rings is 1. The van der Waals surface area contributed by atoms with E-state index in [0.717, 1.165) is 23.2 Å². The van der Waals surface area contributed by atoms with Crippen molar-refractivity contribution in [2.24, 2.45) is 0 Å². The van der Waals surface area contributed by atoms with Gasteiger partial charge in [0.05, 0.1) is 17.3 Å². The van der Waals surface area contributed by atoms with E-state index in [1.54, 1.807) is 15.4 Å². The molecule has 6 nitrogen and oxygen atoms in total. The Morgan fingerprint density at radius 2 is 1.88 bits per heavy atom. The van der Waals surface area contributed by atoms with Gasteiger partial charge in [-0.2, -0.15) is 0 Å². The SMILES string of the molecule is CCCn1c(=O)n(CC(=O)N[C@H](C)Cc2ccco2)c2ccccc21. The number of furan rings is 1. The molecule has 0 aliphatic rings. The van der Waals surface area contributed by atoms with Gasteiger partial charge in [0.1, 0.15) is 12.3 Å². The highest BCUT2D eigenvalue weighted by Crippen LogP contribution is 2.13. The van der Waals surface area contributed by atoms with Crippen LogP contribution in [0.1, 0.15) is 26.0 Å². The van der Waals surface area contributed by atoms with Crippen LogP contribution in [-0.2, 0) is 24.3 Å². The third-order valence-electron chi connectivity index (χ3n) is 4.17. The summed E-state index contributed by atoms with van der Waals surface area (Å²) in [7, 11) is 0. The summed E-state index contributed by atoms with van der Waals surface area (Å²) in [6, 6.07) is 11.2. The molecular weight excluding hydrogens is 318 g/mol. The van der Waals surface area contributed by atoms with E-state index in [9.17, 15) is 9.59 Å². The number of hydrogen-bond donors (Lipinski definition) is 1. The number of carbonyl (C=O) groups is 1. The minimum Gasteiger partial charge on any atom is -0.469 e. The molecular formula is C19H23N3O3. The number of amides is 1. The molecule has 1 N–H and O–H groups in total. The second-order valence-corrected chi connectivity index (χ2v) is 6.26. The van der Waals surface area contributed by atoms with E-state index < -0.39 is 0 Å². The average Bonchev–Trinajstić information content (AvgIpc) is 3.17. The number of fused-ring (bicyclic) bond motifs is 1. The fraction of sp³-hybridized carbons (Fsp3) is 0.368. The van der Waals surface area contributed by atoms with E-state index in [2.05, 4.69) is 5.32 Å². The average molecular weight is 341 g/mol. The highest BCUT2D eigenvalue weighted by molar-refractivity contribution is 5.81. The number of hydrogen-bond acceptors (Lipinski definition) is 3. The Kier molecular flexibility index (Phi) is 5.07. The molecule has 0 fully saturated rings. The van der Waals surface area contributed by atoms with Crippen LogP contribution in [0.15, 0.2) is 51.9 Å². The van der Waals surface area contributed by atoms with Crippen molar-refractivity contribution in [1.82, 2.24) is 14.5 Å². The Morgan fingerprint density at radius 3 is 2.52 bits per heavy atom. The summed E-state index contributed by atoms with van der Waals surface area (Å²) in [5.74, 6) is 0.644. The molecule has 132 valence electrons. The molecule has 0 radical (unpaired) electrons. The first-order chi connectivity index (χ1) is 12.1. The number of nitrogens with zero attached hydrogens (tertiary/aromatic N) is 2. The van der Waals surface area contributed by atoms with Crippen LogP contribution in [0.5, 0.6) is 0 Å². The minimum absolute atomic E-state index is 0.0125. The Morgan fingerprint density at radius 1 is 1.16 bits per heavy atom. The van der Waals surface area contributed by atoms with E-state index >= 15 is 0 Å². The van der Waals surface area contributed by atoms with Crippen molar-refractivity contribution in [3.8, 4) is 0 Å². The number of aromatic nitrogens is 2. The Labute approximate surface area is 146 Å². The fourth-order valence-corrected chi connectivity index (χ4v) is 3.11. The Balaban J connectivity index is 1.77. The number of carbonyl (C=O) groups excluding carboxylic acids is 1. The monoisotopic (exact) mass is 341 g/mol. The first-order valence-corrected chi connectivity index (χ1v) is 8.60. The van der Waals surface area contributed by atoms with Gasteiger partial charge in [0.25, 0.3) is 0 Å². The lowest BCUT2D eigenvalue weighted by Crippen LogP contribution is -2.38. The Hall–Kier alpha value is -2.76. The highest BCUT2D eigenvalue weighted by atomic mass is 16.3. The molecule has 0 saturated heterocycles. The van der Waals surface area contributed by atoms with Crippen molar-refractivity contribution in [2.45, 2.75) is 45.8 Å². The number of rotatable bonds is 7. The molecule has 2 aromatic heterocycles. The predicted octanol–water partition coefficient (Wildman–Crippen LogP) is 2.55. The van der Waals surface area contributed by atoms with Gasteiger partial charge < -0.3 is 9.73 Å². The zero-order valence-electron chi connectivity index (χ0n) is 14.6. The summed E-state index contributed by atoms with van der Waals surface area (Å²) in [6.07, 6.45) is 3.09. The van der Waals surface area contributed by atoms with Gasteiger partial charge in [0, 0.05) is 19.0 Å². The van der Waals surface area contributed by atoms with Crippen LogP contribution < -0.4 is 11.0 Å². The molecule has 0 aliphatic heterocycles. The third-order valence-corrected chi connectivity index (χ3v) is 4.17. The first-order valence-electron chi connectivity index (χ1n) is 8.60. The van der Waals surface area contributed by atoms with Crippen LogP contribution in [0.25, 0.3) is 11.0 Å². The maximum absolute atomic E-state index is 12.7. The normalized spacial score (nSPS) is 12.4. The molecule has 1 atom stereocenters. The van der Waals surface area contributed by atoms with Gasteiger partial charge in [-0.25, -0.2) is 4.79 Å². The van der Waals surface area contributed by atoms with Crippen LogP contribution >= 0.6 is 0 Å². The molecule has 0 spiro atoms. The minimum atomic E-state index is -0.180. The summed E-state index contributed by atoms with van der Waals surface area (Å²) >= 11 is 0. The second-order valence-electron chi connectivity index (χ2n) is 6.26. The van der Waals surface area contributed by atoms with Crippen LogP contribution in [-0.4, -0.2) is 21.1 Å². The van der Waals surface area contributed by atoms with Gasteiger partial charge in [0.2, 0.25) is 5.91 Å². The van der Waals surface area contributed by atoms with Gasteiger partial charge in [-0.3, -0.25) is 13.9 Å². The number of aryl methyl sites for hydroxylation is 1. The first kappa shape index (κ1) is 17.1. The van der Waals surface area contributed by atoms with Crippen LogP contribution in [0, 0.1) is 0 Å². The van der Waals surface area contributed by atoms with E-state index in [-0.39, 0.29) is 24.2 Å². The lowest BCUT2D eigenvalue weighted by molar-refractivity contribution is -0.122. The zero-order chi connectivity index (χ0) is 17.8. The van der Waals surface area contributed by atoms with Crippen molar-refractivity contribution in [3.05, 3.63) is 58.9 Å². The van der Waals surface area contributed by atoms with Crippen LogP contribution in [0.4, 0.5) is 0 Å². The lowest BCUT2D eigenvalue weighted by atomic mass is 10.2. The molecule has 3 rings (SSSR count). The molecule has 0 aliphatic carbocycles. The quantitative estimate of drug-likeness (QED) is 0.718. The molecule has 0 bridgehead atoms. The number of nitrogens with one attached hydrogen (secondary N) is 1. The van der Waals surface area contributed by atoms with Gasteiger partial charge in [-0.1, -0.05) is 19.1 Å². The molecule has 25 heavy (non-hydrogen) atoms. The van der Waals surface area contributed by atoms with Gasteiger partial charge in [-0.15, -0.1) is 0 Å². The Bertz CT molecular complexity index is 906. The maximum Gasteiger partial charge on any atom is 0.329 e. The molecule has 1 aromatic carbocycles. The van der Waals surface area contributed by atoms with Crippen molar-refractivity contribution < 1.29 is 9.21 Å². The lowest BCUT2D eigenvalue weighted by Gasteiger charge is -2.13. The van der Waals surface area contributed by atoms with Crippen LogP contribution in [0.3, 0.4) is 0 Å². The number of benzene rings is 1. The van der Waals surface area contributed by atoms with Crippen molar-refractivity contribution in [2.75, 3.05) is 0 Å². The van der Waals surface area contributed by atoms with Gasteiger partial charge in [0.15, 0.2) is 0 Å². The summed E-state index contributed by atoms with van der Waals surface area (Å²) in [5, 5.41) is 2.93. The molecule has 0 unspecified atom stereocenters. The number of para-hydroxylation sites is 2. The standard InChI is InChI=1S/C19H23N3O3/c1-3-10-21-16-8-4-5-9-17(16)22(19(21)24)13-18(23)20-14(2)12-15-7-6-11-25-15/h4-9,11,14H,3,10,12-13H2,1-2H3,(H,20,23)/t14-/m1/s1. The maximum atomic E-state index is 12.7. The van der Waals surface area contributed by atoms with Gasteiger partial charge in [-0.05, 0) is 37.6 Å². The van der Waals surface area contributed by atoms with Crippen LogP contribution in [0.2, 0.25) is 0 Å². The second kappa shape index (κ2) is 7.42. The smallest absolute Gasteiger partial charge is 0.329 e. The topological polar surface area (TPSA) is 69.2 Å². The molecule has 3 aromatic rings. The third kappa shape index (κ3) is 3.68. The summed E-state index contributed by atoms with van der Waals surface area (Å²) in [5.41, 5.74) is 1.51. The van der Waals surface area contributed by atoms with Crippen molar-refractivity contribution >= 4 is 16.9 Å². The molecule has 2 heterocycles. The van der Waals surface area contributed by atoms with E-state index in [1.807, 2.05) is 50.2 Å². The van der Waals surface area contributed by atoms with E-state index in [4.69, 9.17) is 4.42 Å². The fourth-order valence-electron chi connectivity index (χ4n) is 3.11. The largest absolute Gasteiger partial charge is 0.469 e. The van der Waals surface area contributed by atoms with Crippen molar-refractivity contribution in [3.63, 3.8) is 0 Å². The molecule has 0 saturated carbocycles. The van der Waals surface area contributed by atoms with E-state index in [0.29, 0.717) is 13.0 Å².